The molecule has 8 heteroatoms. The van der Waals surface area contributed by atoms with Gasteiger partial charge in [0, 0.05) is 5.56 Å². The second-order valence-corrected chi connectivity index (χ2v) is 3.11. The summed E-state index contributed by atoms with van der Waals surface area (Å²) in [6.07, 6.45) is -4.32. The largest absolute Gasteiger partial charge is 0.573 e. The molecular formula is C8H5ClF3NO3. The second kappa shape index (κ2) is 4.17. The molecule has 0 aliphatic carbocycles. The lowest BCUT2D eigenvalue weighted by molar-refractivity contribution is -0.275. The molecule has 0 aliphatic heterocycles. The number of nitrogens with zero attached hydrogens (tertiary/aromatic N) is 1. The van der Waals surface area contributed by atoms with Crippen molar-refractivity contribution in [3.8, 4) is 11.5 Å². The first-order chi connectivity index (χ1) is 7.22. The Morgan fingerprint density at radius 3 is 2.56 bits per heavy atom. The van der Waals surface area contributed by atoms with Gasteiger partial charge in [-0.25, -0.2) is 4.98 Å². The summed E-state index contributed by atoms with van der Waals surface area (Å²) in [7, 11) is 0. The van der Waals surface area contributed by atoms with E-state index in [2.05, 4.69) is 9.72 Å². The Morgan fingerprint density at radius 2 is 2.12 bits per heavy atom. The van der Waals surface area contributed by atoms with Gasteiger partial charge in [-0.15, -0.1) is 13.2 Å². The van der Waals surface area contributed by atoms with Crippen LogP contribution in [0.3, 0.4) is 0 Å². The first-order valence-electron chi connectivity index (χ1n) is 3.86. The third-order valence-electron chi connectivity index (χ3n) is 1.65. The number of hydrogen-bond donors (Lipinski definition) is 1. The van der Waals surface area contributed by atoms with Crippen molar-refractivity contribution in [2.45, 2.75) is 13.3 Å². The van der Waals surface area contributed by atoms with Gasteiger partial charge in [-0.3, -0.25) is 4.79 Å². The number of carbonyl (C=O) groups excluding carboxylic acids is 1. The highest BCUT2D eigenvalue weighted by molar-refractivity contribution is 6.67. The Morgan fingerprint density at radius 1 is 1.56 bits per heavy atom. The molecule has 4 nitrogen and oxygen atoms in total. The molecule has 88 valence electrons. The van der Waals surface area contributed by atoms with Crippen LogP contribution in [-0.4, -0.2) is 21.7 Å². The Kier molecular flexibility index (Phi) is 3.27. The van der Waals surface area contributed by atoms with E-state index < -0.39 is 28.8 Å². The zero-order valence-corrected chi connectivity index (χ0v) is 8.56. The van der Waals surface area contributed by atoms with Crippen molar-refractivity contribution in [1.82, 2.24) is 4.98 Å². The summed E-state index contributed by atoms with van der Waals surface area (Å²) in [4.78, 5) is 14.2. The fourth-order valence-electron chi connectivity index (χ4n) is 1.02. The fraction of sp³-hybridized carbons (Fsp3) is 0.250. The van der Waals surface area contributed by atoms with E-state index in [1.54, 1.807) is 0 Å². The number of aromatic nitrogens is 1. The van der Waals surface area contributed by atoms with Gasteiger partial charge < -0.3 is 9.84 Å². The molecule has 0 aliphatic rings. The van der Waals surface area contributed by atoms with Gasteiger partial charge in [0.2, 0.25) is 0 Å². The fourth-order valence-corrected chi connectivity index (χ4v) is 1.21. The van der Waals surface area contributed by atoms with E-state index in [0.717, 1.165) is 6.92 Å². The zero-order valence-electron chi connectivity index (χ0n) is 7.80. The lowest BCUT2D eigenvalue weighted by atomic mass is 10.2. The van der Waals surface area contributed by atoms with E-state index in [4.69, 9.17) is 16.7 Å². The van der Waals surface area contributed by atoms with Crippen LogP contribution in [0.25, 0.3) is 0 Å². The Balaban J connectivity index is 3.27. The monoisotopic (exact) mass is 255 g/mol. The third-order valence-corrected chi connectivity index (χ3v) is 1.83. The maximum Gasteiger partial charge on any atom is 0.573 e. The number of rotatable bonds is 2. The van der Waals surface area contributed by atoms with Gasteiger partial charge in [-0.1, -0.05) is 0 Å². The summed E-state index contributed by atoms with van der Waals surface area (Å²) in [5, 5.41) is 8.08. The lowest BCUT2D eigenvalue weighted by Gasteiger charge is -2.13. The summed E-state index contributed by atoms with van der Waals surface area (Å²) in [6, 6.07) is 0. The van der Waals surface area contributed by atoms with Crippen molar-refractivity contribution in [1.29, 1.82) is 0 Å². The third kappa shape index (κ3) is 2.75. The van der Waals surface area contributed by atoms with Crippen LogP contribution in [0.4, 0.5) is 13.2 Å². The molecule has 0 saturated carbocycles. The van der Waals surface area contributed by atoms with Crippen molar-refractivity contribution in [2.75, 3.05) is 0 Å². The normalized spacial score (nSPS) is 11.3. The van der Waals surface area contributed by atoms with Crippen molar-refractivity contribution in [2.24, 2.45) is 0 Å². The molecule has 0 amide bonds. The molecular weight excluding hydrogens is 251 g/mol. The smallest absolute Gasteiger partial charge is 0.503 e. The van der Waals surface area contributed by atoms with E-state index in [1.807, 2.05) is 0 Å². The van der Waals surface area contributed by atoms with E-state index in [1.165, 1.54) is 0 Å². The minimum absolute atomic E-state index is 0.280. The molecule has 0 atom stereocenters. The van der Waals surface area contributed by atoms with Crippen LogP contribution >= 0.6 is 11.6 Å². The molecule has 0 spiro atoms. The molecule has 1 aromatic heterocycles. The summed E-state index contributed by atoms with van der Waals surface area (Å²) in [6.45, 7) is 1.13. The van der Waals surface area contributed by atoms with Crippen LogP contribution in [0.5, 0.6) is 11.5 Å². The first kappa shape index (κ1) is 12.6. The molecule has 0 fully saturated rings. The van der Waals surface area contributed by atoms with Gasteiger partial charge in [-0.05, 0) is 18.5 Å². The van der Waals surface area contributed by atoms with E-state index >= 15 is 0 Å². The minimum Gasteiger partial charge on any atom is -0.503 e. The van der Waals surface area contributed by atoms with Gasteiger partial charge in [-0.2, -0.15) is 0 Å². The highest BCUT2D eigenvalue weighted by Gasteiger charge is 2.34. The average molecular weight is 256 g/mol. The molecule has 1 aromatic rings. The van der Waals surface area contributed by atoms with Crippen LogP contribution < -0.4 is 4.74 Å². The number of halogens is 4. The summed E-state index contributed by atoms with van der Waals surface area (Å²) in [5.41, 5.74) is -0.684. The molecule has 0 radical (unpaired) electrons. The second-order valence-electron chi connectivity index (χ2n) is 2.77. The zero-order chi connectivity index (χ0) is 12.5. The predicted octanol–water partition coefficient (Wildman–Crippen LogP) is 2.37. The molecule has 0 bridgehead atoms. The molecule has 16 heavy (non-hydrogen) atoms. The van der Waals surface area contributed by atoms with Crippen molar-refractivity contribution in [3.05, 3.63) is 17.5 Å². The average Bonchev–Trinajstić information content (AvgIpc) is 2.10. The Labute approximate surface area is 92.6 Å². The van der Waals surface area contributed by atoms with Gasteiger partial charge in [0.1, 0.15) is 5.69 Å². The molecule has 0 saturated heterocycles. The highest BCUT2D eigenvalue weighted by atomic mass is 35.5. The number of pyridine rings is 1. The standard InChI is InChI=1S/C8H5ClF3NO3/c1-3-5(7(9)15)13-2-4(14)6(3)16-8(10,11)12/h2,14H,1H3. The lowest BCUT2D eigenvalue weighted by Crippen LogP contribution is -2.18. The van der Waals surface area contributed by atoms with Crippen molar-refractivity contribution in [3.63, 3.8) is 0 Å². The van der Waals surface area contributed by atoms with Crippen molar-refractivity contribution >= 4 is 16.8 Å². The van der Waals surface area contributed by atoms with Crippen LogP contribution in [0.15, 0.2) is 6.20 Å². The minimum atomic E-state index is -4.98. The highest BCUT2D eigenvalue weighted by Crippen LogP contribution is 2.35. The van der Waals surface area contributed by atoms with Crippen LogP contribution in [0.1, 0.15) is 16.1 Å². The van der Waals surface area contributed by atoms with E-state index in [9.17, 15) is 18.0 Å². The Hall–Kier alpha value is -1.50. The molecule has 1 N–H and O–H groups in total. The number of alkyl halides is 3. The first-order valence-corrected chi connectivity index (χ1v) is 4.24. The molecule has 1 heterocycles. The number of ether oxygens (including phenoxy) is 1. The van der Waals surface area contributed by atoms with Gasteiger partial charge in [0.15, 0.2) is 11.5 Å². The number of hydrogen-bond acceptors (Lipinski definition) is 4. The molecule has 0 unspecified atom stereocenters. The van der Waals surface area contributed by atoms with E-state index in [-0.39, 0.29) is 5.56 Å². The summed E-state index contributed by atoms with van der Waals surface area (Å²) < 4.78 is 39.4. The topological polar surface area (TPSA) is 59.4 Å². The van der Waals surface area contributed by atoms with Crippen LogP contribution in [0.2, 0.25) is 0 Å². The molecule has 1 rings (SSSR count). The van der Waals surface area contributed by atoms with E-state index in [0.29, 0.717) is 6.20 Å². The maximum absolute atomic E-state index is 12.0. The number of carbonyl (C=O) groups is 1. The molecule has 0 aromatic carbocycles. The summed E-state index contributed by atoms with van der Waals surface area (Å²) >= 11 is 5.08. The van der Waals surface area contributed by atoms with Gasteiger partial charge in [0.05, 0.1) is 6.20 Å². The SMILES string of the molecule is Cc1c(C(=O)Cl)ncc(O)c1OC(F)(F)F. The van der Waals surface area contributed by atoms with Gasteiger partial charge in [0.25, 0.3) is 5.24 Å². The predicted molar refractivity (Wildman–Crippen MR) is 47.5 cm³/mol. The van der Waals surface area contributed by atoms with Crippen LogP contribution in [-0.2, 0) is 0 Å². The van der Waals surface area contributed by atoms with Crippen LogP contribution in [0, 0.1) is 6.92 Å². The van der Waals surface area contributed by atoms with Gasteiger partial charge >= 0.3 is 6.36 Å². The number of aromatic hydroxyl groups is 1. The summed E-state index contributed by atoms with van der Waals surface area (Å²) in [5.74, 6) is -1.71. The quantitative estimate of drug-likeness (QED) is 0.824. The Bertz CT molecular complexity index is 433. The maximum atomic E-state index is 12.0. The van der Waals surface area contributed by atoms with Crippen molar-refractivity contribution < 1.29 is 27.8 Å².